The van der Waals surface area contributed by atoms with E-state index in [0.29, 0.717) is 5.82 Å². The first-order valence-electron chi connectivity index (χ1n) is 5.51. The number of sulfonamides is 1. The Morgan fingerprint density at radius 3 is 2.65 bits per heavy atom. The van der Waals surface area contributed by atoms with Crippen LogP contribution in [0.15, 0.2) is 23.2 Å². The lowest BCUT2D eigenvalue weighted by atomic mass is 10.2. The van der Waals surface area contributed by atoms with Crippen molar-refractivity contribution in [3.63, 3.8) is 0 Å². The highest BCUT2D eigenvalue weighted by Gasteiger charge is 2.47. The van der Waals surface area contributed by atoms with Crippen LogP contribution in [-0.4, -0.2) is 26.5 Å². The van der Waals surface area contributed by atoms with Crippen molar-refractivity contribution >= 4 is 15.8 Å². The van der Waals surface area contributed by atoms with Crippen LogP contribution in [0.5, 0.6) is 0 Å². The van der Waals surface area contributed by atoms with E-state index in [0.717, 1.165) is 6.42 Å². The van der Waals surface area contributed by atoms with Crippen LogP contribution in [0.2, 0.25) is 0 Å². The number of anilines is 1. The van der Waals surface area contributed by atoms with Crippen LogP contribution in [-0.2, 0) is 10.0 Å². The zero-order chi connectivity index (χ0) is 12.7. The van der Waals surface area contributed by atoms with Gasteiger partial charge in [0.25, 0.3) is 0 Å². The van der Waals surface area contributed by atoms with E-state index in [1.54, 1.807) is 7.05 Å². The molecule has 1 fully saturated rings. The normalized spacial score (nSPS) is 22.2. The number of nitrogens with one attached hydrogen (secondary N) is 2. The van der Waals surface area contributed by atoms with E-state index < -0.39 is 10.0 Å². The summed E-state index contributed by atoms with van der Waals surface area (Å²) in [5.41, 5.74) is 0.0753. The quantitative estimate of drug-likeness (QED) is 0.848. The summed E-state index contributed by atoms with van der Waals surface area (Å²) in [6, 6.07) is 3.06. The number of nitrogens with zero attached hydrogens (tertiary/aromatic N) is 1. The van der Waals surface area contributed by atoms with Crippen molar-refractivity contribution in [2.45, 2.75) is 31.2 Å². The van der Waals surface area contributed by atoms with Gasteiger partial charge in [-0.3, -0.25) is 0 Å². The molecule has 1 aliphatic rings. The van der Waals surface area contributed by atoms with Crippen molar-refractivity contribution in [1.82, 2.24) is 9.71 Å². The van der Waals surface area contributed by atoms with Crippen LogP contribution in [0.4, 0.5) is 5.82 Å². The van der Waals surface area contributed by atoms with Gasteiger partial charge in [0, 0.05) is 25.4 Å². The summed E-state index contributed by atoms with van der Waals surface area (Å²) in [4.78, 5) is 4.24. The standard InChI is InChI=1S/C11H17N3O2S/c1-11(2)7-9(11)14-17(15,16)8-4-5-13-10(6-8)12-3/h4-6,9,14H,7H2,1-3H3,(H,12,13). The molecule has 94 valence electrons. The van der Waals surface area contributed by atoms with Crippen LogP contribution in [0.3, 0.4) is 0 Å². The maximum Gasteiger partial charge on any atom is 0.241 e. The molecule has 2 rings (SSSR count). The van der Waals surface area contributed by atoms with Crippen molar-refractivity contribution in [3.8, 4) is 0 Å². The molecule has 1 atom stereocenters. The van der Waals surface area contributed by atoms with Crippen LogP contribution in [0.25, 0.3) is 0 Å². The average Bonchev–Trinajstić information content (AvgIpc) is 2.85. The van der Waals surface area contributed by atoms with E-state index in [1.807, 2.05) is 13.8 Å². The number of hydrogen-bond acceptors (Lipinski definition) is 4. The van der Waals surface area contributed by atoms with Crippen LogP contribution < -0.4 is 10.0 Å². The van der Waals surface area contributed by atoms with E-state index in [9.17, 15) is 8.42 Å². The highest BCUT2D eigenvalue weighted by atomic mass is 32.2. The van der Waals surface area contributed by atoms with Crippen LogP contribution in [0, 0.1) is 5.41 Å². The van der Waals surface area contributed by atoms with Crippen LogP contribution >= 0.6 is 0 Å². The van der Waals surface area contributed by atoms with Crippen molar-refractivity contribution in [1.29, 1.82) is 0 Å². The minimum Gasteiger partial charge on any atom is -0.373 e. The fourth-order valence-corrected chi connectivity index (χ4v) is 3.06. The number of hydrogen-bond donors (Lipinski definition) is 2. The smallest absolute Gasteiger partial charge is 0.241 e. The Balaban J connectivity index is 2.20. The monoisotopic (exact) mass is 255 g/mol. The maximum absolute atomic E-state index is 12.1. The van der Waals surface area contributed by atoms with Gasteiger partial charge < -0.3 is 5.32 Å². The average molecular weight is 255 g/mol. The first-order chi connectivity index (χ1) is 7.85. The molecule has 1 saturated carbocycles. The molecule has 0 saturated heterocycles. The number of rotatable bonds is 4. The van der Waals surface area contributed by atoms with Gasteiger partial charge >= 0.3 is 0 Å². The third-order valence-corrected chi connectivity index (χ3v) is 4.58. The third kappa shape index (κ3) is 2.58. The Bertz CT molecular complexity index is 525. The molecule has 1 unspecified atom stereocenters. The SMILES string of the molecule is CNc1cc(S(=O)(=O)NC2CC2(C)C)ccn1. The second kappa shape index (κ2) is 3.96. The van der Waals surface area contributed by atoms with E-state index in [4.69, 9.17) is 0 Å². The molecule has 0 spiro atoms. The highest BCUT2D eigenvalue weighted by Crippen LogP contribution is 2.45. The Morgan fingerprint density at radius 2 is 2.12 bits per heavy atom. The van der Waals surface area contributed by atoms with Crippen LogP contribution in [0.1, 0.15) is 20.3 Å². The van der Waals surface area contributed by atoms with E-state index in [2.05, 4.69) is 15.0 Å². The Kier molecular flexibility index (Phi) is 2.87. The minimum absolute atomic E-state index is 0.0405. The maximum atomic E-state index is 12.1. The molecule has 0 radical (unpaired) electrons. The van der Waals surface area contributed by atoms with Gasteiger partial charge in [-0.05, 0) is 17.9 Å². The molecule has 0 aromatic carbocycles. The Hall–Kier alpha value is -1.14. The molecule has 2 N–H and O–H groups in total. The predicted molar refractivity (Wildman–Crippen MR) is 66.3 cm³/mol. The van der Waals surface area contributed by atoms with E-state index >= 15 is 0 Å². The first-order valence-corrected chi connectivity index (χ1v) is 7.00. The van der Waals surface area contributed by atoms with Crippen molar-refractivity contribution in [3.05, 3.63) is 18.3 Å². The van der Waals surface area contributed by atoms with Gasteiger partial charge in [-0.1, -0.05) is 13.8 Å². The second-order valence-electron chi connectivity index (χ2n) is 4.99. The summed E-state index contributed by atoms with van der Waals surface area (Å²) >= 11 is 0. The molecular weight excluding hydrogens is 238 g/mol. The predicted octanol–water partition coefficient (Wildman–Crippen LogP) is 1.20. The molecule has 6 heteroatoms. The number of aromatic nitrogens is 1. The summed E-state index contributed by atoms with van der Waals surface area (Å²) in [5, 5.41) is 2.82. The molecular formula is C11H17N3O2S. The molecule has 1 aromatic heterocycles. The van der Waals surface area contributed by atoms with Crippen molar-refractivity contribution in [2.75, 3.05) is 12.4 Å². The second-order valence-corrected chi connectivity index (χ2v) is 6.71. The van der Waals surface area contributed by atoms with Gasteiger partial charge in [0.15, 0.2) is 0 Å². The summed E-state index contributed by atoms with van der Waals surface area (Å²) in [6.07, 6.45) is 2.37. The van der Waals surface area contributed by atoms with E-state index in [-0.39, 0.29) is 16.4 Å². The summed E-state index contributed by atoms with van der Waals surface area (Å²) in [5.74, 6) is 0.544. The molecule has 17 heavy (non-hydrogen) atoms. The Labute approximate surface area is 102 Å². The lowest BCUT2D eigenvalue weighted by Gasteiger charge is -2.09. The molecule has 0 bridgehead atoms. The van der Waals surface area contributed by atoms with Gasteiger partial charge in [-0.15, -0.1) is 0 Å². The lowest BCUT2D eigenvalue weighted by molar-refractivity contribution is 0.555. The van der Waals surface area contributed by atoms with Gasteiger partial charge in [0.1, 0.15) is 5.82 Å². The lowest BCUT2D eigenvalue weighted by Crippen LogP contribution is -2.28. The van der Waals surface area contributed by atoms with Gasteiger partial charge in [0.2, 0.25) is 10.0 Å². The topological polar surface area (TPSA) is 71.1 Å². The minimum atomic E-state index is -3.43. The van der Waals surface area contributed by atoms with Gasteiger partial charge in [0.05, 0.1) is 4.90 Å². The van der Waals surface area contributed by atoms with Crippen molar-refractivity contribution < 1.29 is 8.42 Å². The first kappa shape index (κ1) is 12.3. The fourth-order valence-electron chi connectivity index (χ4n) is 1.64. The summed E-state index contributed by atoms with van der Waals surface area (Å²) < 4.78 is 26.8. The fraction of sp³-hybridized carbons (Fsp3) is 0.545. The zero-order valence-electron chi connectivity index (χ0n) is 10.2. The van der Waals surface area contributed by atoms with Gasteiger partial charge in [-0.25, -0.2) is 18.1 Å². The highest BCUT2D eigenvalue weighted by molar-refractivity contribution is 7.89. The molecule has 1 heterocycles. The van der Waals surface area contributed by atoms with Crippen molar-refractivity contribution in [2.24, 2.45) is 5.41 Å². The summed E-state index contributed by atoms with van der Waals surface area (Å²) in [6.45, 7) is 4.09. The largest absolute Gasteiger partial charge is 0.373 e. The third-order valence-electron chi connectivity index (χ3n) is 3.11. The molecule has 1 aromatic rings. The molecule has 1 aliphatic carbocycles. The molecule has 5 nitrogen and oxygen atoms in total. The molecule has 0 amide bonds. The van der Waals surface area contributed by atoms with E-state index in [1.165, 1.54) is 18.3 Å². The Morgan fingerprint density at radius 1 is 1.47 bits per heavy atom. The molecule has 0 aliphatic heterocycles. The van der Waals surface area contributed by atoms with Gasteiger partial charge in [-0.2, -0.15) is 0 Å². The number of pyridine rings is 1. The zero-order valence-corrected chi connectivity index (χ0v) is 11.0. The summed E-state index contributed by atoms with van der Waals surface area (Å²) in [7, 11) is -1.73.